The van der Waals surface area contributed by atoms with Crippen molar-refractivity contribution in [3.05, 3.63) is 63.6 Å². The lowest BCUT2D eigenvalue weighted by Crippen LogP contribution is -2.43. The van der Waals surface area contributed by atoms with Gasteiger partial charge in [-0.2, -0.15) is 0 Å². The minimum absolute atomic E-state index is 0.00163. The molecule has 0 bridgehead atoms. The van der Waals surface area contributed by atoms with Gasteiger partial charge in [-0.1, -0.05) is 53.2 Å². The monoisotopic (exact) mass is 450 g/mol. The normalized spacial score (nSPS) is 17.6. The topological polar surface area (TPSA) is 99.7 Å². The van der Waals surface area contributed by atoms with E-state index in [-0.39, 0.29) is 34.0 Å². The minimum atomic E-state index is -0.682. The van der Waals surface area contributed by atoms with E-state index in [2.05, 4.69) is 21.2 Å². The van der Waals surface area contributed by atoms with Gasteiger partial charge in [-0.05, 0) is 36.8 Å². The zero-order chi connectivity index (χ0) is 21.0. The molecule has 0 spiro atoms. The molecule has 10 heteroatoms. The van der Waals surface area contributed by atoms with Crippen molar-refractivity contribution in [3.8, 4) is 0 Å². The molecule has 150 valence electrons. The Kier molecular flexibility index (Phi) is 6.79. The molecular weight excluding hydrogens is 435 g/mol. The lowest BCUT2D eigenvalue weighted by molar-refractivity contribution is -0.123. The van der Waals surface area contributed by atoms with Crippen LogP contribution in [-0.2, 0) is 9.59 Å². The number of benzene rings is 2. The second-order valence-corrected chi connectivity index (χ2v) is 8.18. The number of hydrogen-bond acceptors (Lipinski definition) is 5. The number of anilines is 1. The van der Waals surface area contributed by atoms with Crippen LogP contribution in [0.1, 0.15) is 22.3 Å². The molecule has 2 aromatic carbocycles. The molecule has 1 fully saturated rings. The van der Waals surface area contributed by atoms with Crippen LogP contribution in [0.15, 0.2) is 47.6 Å². The molecule has 3 amide bonds. The first-order valence-electron chi connectivity index (χ1n) is 8.49. The van der Waals surface area contributed by atoms with E-state index in [1.807, 2.05) is 25.1 Å². The summed E-state index contributed by atoms with van der Waals surface area (Å²) in [5.74, 6) is -1.26. The molecule has 29 heavy (non-hydrogen) atoms. The van der Waals surface area contributed by atoms with Gasteiger partial charge < -0.3 is 10.6 Å². The highest BCUT2D eigenvalue weighted by Gasteiger charge is 2.30. The number of para-hydroxylation sites is 1. The van der Waals surface area contributed by atoms with Gasteiger partial charge in [0.2, 0.25) is 11.8 Å². The number of amidine groups is 1. The summed E-state index contributed by atoms with van der Waals surface area (Å²) in [6.07, 6.45) is -0.00163. The summed E-state index contributed by atoms with van der Waals surface area (Å²) >= 11 is 12.9. The van der Waals surface area contributed by atoms with Crippen molar-refractivity contribution in [2.45, 2.75) is 18.6 Å². The van der Waals surface area contributed by atoms with Crippen LogP contribution in [0, 0.1) is 6.92 Å². The van der Waals surface area contributed by atoms with Gasteiger partial charge in [0.1, 0.15) is 5.25 Å². The van der Waals surface area contributed by atoms with Gasteiger partial charge >= 0.3 is 0 Å². The molecule has 1 aliphatic heterocycles. The standard InChI is InChI=1S/C19H16Cl2N4O3S/c1-10-4-2-3-5-14(10)22-18(28)15-9-16(26)23-19(29-15)25-24-17(27)12-7-6-11(20)8-13(12)21/h2-8,15H,9H2,1H3,(H,22,28)(H,24,27)(H,23,25,26)/t15-/m0/s1. The third kappa shape index (κ3) is 5.50. The van der Waals surface area contributed by atoms with E-state index in [0.717, 1.165) is 17.3 Å². The van der Waals surface area contributed by atoms with Gasteiger partial charge in [0.05, 0.1) is 10.6 Å². The number of amides is 3. The van der Waals surface area contributed by atoms with Crippen molar-refractivity contribution >= 4 is 63.5 Å². The quantitative estimate of drug-likeness (QED) is 0.619. The van der Waals surface area contributed by atoms with Crippen molar-refractivity contribution < 1.29 is 14.4 Å². The first-order valence-corrected chi connectivity index (χ1v) is 10.1. The molecule has 0 aliphatic carbocycles. The average Bonchev–Trinajstić information content (AvgIpc) is 2.67. The van der Waals surface area contributed by atoms with Gasteiger partial charge in [-0.15, -0.1) is 5.10 Å². The zero-order valence-corrected chi connectivity index (χ0v) is 17.5. The van der Waals surface area contributed by atoms with Gasteiger partial charge in [0, 0.05) is 17.1 Å². The molecule has 0 saturated carbocycles. The second-order valence-electron chi connectivity index (χ2n) is 6.15. The number of thioether (sulfide) groups is 1. The molecule has 1 aliphatic rings. The van der Waals surface area contributed by atoms with Crippen LogP contribution in [0.2, 0.25) is 10.0 Å². The molecule has 0 unspecified atom stereocenters. The van der Waals surface area contributed by atoms with Gasteiger partial charge in [0.25, 0.3) is 5.91 Å². The maximum atomic E-state index is 12.6. The highest BCUT2D eigenvalue weighted by Crippen LogP contribution is 2.24. The number of halogens is 2. The molecular formula is C19H16Cl2N4O3S. The van der Waals surface area contributed by atoms with Crippen LogP contribution < -0.4 is 16.1 Å². The lowest BCUT2D eigenvalue weighted by atomic mass is 10.2. The summed E-state index contributed by atoms with van der Waals surface area (Å²) in [6, 6.07) is 11.8. The maximum absolute atomic E-state index is 12.6. The van der Waals surface area contributed by atoms with Crippen LogP contribution in [0.3, 0.4) is 0 Å². The lowest BCUT2D eigenvalue weighted by Gasteiger charge is -2.22. The molecule has 1 saturated heterocycles. The van der Waals surface area contributed by atoms with E-state index in [1.165, 1.54) is 18.2 Å². The summed E-state index contributed by atoms with van der Waals surface area (Å²) in [7, 11) is 0. The molecule has 2 aromatic rings. The van der Waals surface area contributed by atoms with Crippen LogP contribution >= 0.6 is 35.0 Å². The molecule has 0 aromatic heterocycles. The van der Waals surface area contributed by atoms with E-state index in [0.29, 0.717) is 10.7 Å². The SMILES string of the molecule is Cc1ccccc1NC(=O)[C@@H]1CC(=O)N/C(=N\NC(=O)c2ccc(Cl)cc2Cl)S1. The van der Waals surface area contributed by atoms with Crippen molar-refractivity contribution in [2.75, 3.05) is 5.32 Å². The molecule has 3 N–H and O–H groups in total. The Morgan fingerprint density at radius 3 is 2.69 bits per heavy atom. The average molecular weight is 451 g/mol. The van der Waals surface area contributed by atoms with Crippen LogP contribution in [0.4, 0.5) is 5.69 Å². The number of nitrogens with one attached hydrogen (secondary N) is 3. The van der Waals surface area contributed by atoms with E-state index < -0.39 is 11.2 Å². The van der Waals surface area contributed by atoms with Gasteiger partial charge in [-0.25, -0.2) is 5.43 Å². The molecule has 1 heterocycles. The fourth-order valence-electron chi connectivity index (χ4n) is 2.51. The Labute approximate surface area is 181 Å². The first-order chi connectivity index (χ1) is 13.8. The van der Waals surface area contributed by atoms with Gasteiger partial charge in [-0.3, -0.25) is 14.4 Å². The predicted octanol–water partition coefficient (Wildman–Crippen LogP) is 3.56. The second kappa shape index (κ2) is 9.30. The van der Waals surface area contributed by atoms with Crippen molar-refractivity contribution in [1.29, 1.82) is 0 Å². The fourth-order valence-corrected chi connectivity index (χ4v) is 3.94. The molecule has 0 radical (unpaired) electrons. The van der Waals surface area contributed by atoms with Gasteiger partial charge in [0.15, 0.2) is 5.17 Å². The minimum Gasteiger partial charge on any atom is -0.325 e. The Bertz CT molecular complexity index is 1010. The van der Waals surface area contributed by atoms with Crippen LogP contribution in [0.25, 0.3) is 0 Å². The number of rotatable bonds is 4. The van der Waals surface area contributed by atoms with E-state index in [4.69, 9.17) is 23.2 Å². The summed E-state index contributed by atoms with van der Waals surface area (Å²) in [5.41, 5.74) is 4.09. The summed E-state index contributed by atoms with van der Waals surface area (Å²) < 4.78 is 0. The highest BCUT2D eigenvalue weighted by molar-refractivity contribution is 8.15. The van der Waals surface area contributed by atoms with E-state index in [1.54, 1.807) is 6.07 Å². The molecule has 7 nitrogen and oxygen atoms in total. The smallest absolute Gasteiger partial charge is 0.272 e. The third-order valence-electron chi connectivity index (χ3n) is 4.00. The predicted molar refractivity (Wildman–Crippen MR) is 115 cm³/mol. The first kappa shape index (κ1) is 21.2. The number of nitrogens with zero attached hydrogens (tertiary/aromatic N) is 1. The summed E-state index contributed by atoms with van der Waals surface area (Å²) in [6.45, 7) is 1.88. The van der Waals surface area contributed by atoms with E-state index in [9.17, 15) is 14.4 Å². The Balaban J connectivity index is 1.67. The molecule has 3 rings (SSSR count). The Morgan fingerprint density at radius 1 is 1.21 bits per heavy atom. The third-order valence-corrected chi connectivity index (χ3v) is 5.63. The van der Waals surface area contributed by atoms with Crippen molar-refractivity contribution in [3.63, 3.8) is 0 Å². The maximum Gasteiger partial charge on any atom is 0.272 e. The number of hydrogen-bond donors (Lipinski definition) is 3. The molecule has 1 atom stereocenters. The van der Waals surface area contributed by atoms with Crippen molar-refractivity contribution in [1.82, 2.24) is 10.7 Å². The summed E-state index contributed by atoms with van der Waals surface area (Å²) in [5, 5.41) is 9.26. The number of aryl methyl sites for hydroxylation is 1. The summed E-state index contributed by atoms with van der Waals surface area (Å²) in [4.78, 5) is 36.8. The number of carbonyl (C=O) groups excluding carboxylic acids is 3. The van der Waals surface area contributed by atoms with Crippen molar-refractivity contribution in [2.24, 2.45) is 5.10 Å². The Morgan fingerprint density at radius 2 is 1.97 bits per heavy atom. The van der Waals surface area contributed by atoms with E-state index >= 15 is 0 Å². The fraction of sp³-hybridized carbons (Fsp3) is 0.158. The van der Waals surface area contributed by atoms with Crippen LogP contribution in [0.5, 0.6) is 0 Å². The Hall–Kier alpha value is -2.55. The number of carbonyl (C=O) groups is 3. The highest BCUT2D eigenvalue weighted by atomic mass is 35.5. The van der Waals surface area contributed by atoms with Crippen LogP contribution in [-0.4, -0.2) is 28.1 Å². The zero-order valence-electron chi connectivity index (χ0n) is 15.2. The largest absolute Gasteiger partial charge is 0.325 e. The number of hydrazone groups is 1.